The van der Waals surface area contributed by atoms with E-state index in [0.717, 1.165) is 12.1 Å². The molecule has 2 aliphatic heterocycles. The number of cyclic esters (lactones) is 1. The zero-order chi connectivity index (χ0) is 45.3. The molecule has 1 aromatic carbocycles. The maximum atomic E-state index is 14.4. The number of carbonyl (C=O) groups excluding carboxylic acids is 6. The van der Waals surface area contributed by atoms with Gasteiger partial charge in [0.2, 0.25) is 17.7 Å². The molecule has 0 spiro atoms. The van der Waals surface area contributed by atoms with Crippen molar-refractivity contribution in [1.29, 1.82) is 0 Å². The fourth-order valence-electron chi connectivity index (χ4n) is 7.02. The van der Waals surface area contributed by atoms with Crippen molar-refractivity contribution in [3.63, 3.8) is 0 Å². The van der Waals surface area contributed by atoms with E-state index in [0.29, 0.717) is 30.7 Å². The molecule has 62 heavy (non-hydrogen) atoms. The molecule has 14 nitrogen and oxygen atoms in total. The number of amides is 4. The number of rotatable bonds is 10. The number of allylic oxidation sites excluding steroid dienone is 5. The number of esters is 1. The lowest BCUT2D eigenvalue weighted by atomic mass is 9.85. The first-order valence-corrected chi connectivity index (χ1v) is 20.9. The van der Waals surface area contributed by atoms with Gasteiger partial charge < -0.3 is 30.6 Å². The molecule has 16 heteroatoms. The normalized spacial score (nSPS) is 26.1. The first-order chi connectivity index (χ1) is 29.5. The van der Waals surface area contributed by atoms with Crippen LogP contribution in [-0.2, 0) is 39.9 Å². The number of nitrogens with zero attached hydrogens (tertiary/aromatic N) is 2. The molecule has 0 radical (unpaired) electrons. The van der Waals surface area contributed by atoms with Crippen molar-refractivity contribution in [2.75, 3.05) is 11.9 Å². The van der Waals surface area contributed by atoms with Crippen LogP contribution in [0.3, 0.4) is 0 Å². The van der Waals surface area contributed by atoms with Crippen LogP contribution >= 0.6 is 0 Å². The number of ketones is 1. The zero-order valence-corrected chi connectivity index (χ0v) is 35.8. The summed E-state index contributed by atoms with van der Waals surface area (Å²) in [6.07, 6.45) is 12.2. The van der Waals surface area contributed by atoms with Gasteiger partial charge in [0.1, 0.15) is 35.8 Å². The number of hydrazine groups is 1. The number of fused-ring (bicyclic) bond motifs is 2. The highest BCUT2D eigenvalue weighted by Gasteiger charge is 2.38. The third-order valence-corrected chi connectivity index (χ3v) is 10.7. The molecule has 0 saturated carbocycles. The van der Waals surface area contributed by atoms with E-state index >= 15 is 0 Å². The highest BCUT2D eigenvalue weighted by Crippen LogP contribution is 2.24. The summed E-state index contributed by atoms with van der Waals surface area (Å²) in [5.41, 5.74) is 3.74. The van der Waals surface area contributed by atoms with Crippen molar-refractivity contribution in [3.05, 3.63) is 108 Å². The van der Waals surface area contributed by atoms with Gasteiger partial charge in [-0.05, 0) is 86.8 Å². The summed E-state index contributed by atoms with van der Waals surface area (Å²) in [5, 5.41) is 20.8. The molecule has 2 bridgehead atoms. The van der Waals surface area contributed by atoms with Crippen LogP contribution in [0.5, 0.6) is 0 Å². The number of nitrogens with one attached hydrogen (secondary N) is 4. The minimum absolute atomic E-state index is 0.0153. The van der Waals surface area contributed by atoms with E-state index in [1.54, 1.807) is 76.4 Å². The molecule has 7 atom stereocenters. The van der Waals surface area contributed by atoms with E-state index in [-0.39, 0.29) is 43.6 Å². The Balaban J connectivity index is 1.68. The Morgan fingerprint density at radius 2 is 1.76 bits per heavy atom. The number of carbonyl (C=O) groups is 6. The molecule has 5 N–H and O–H groups in total. The smallest absolute Gasteiger partial charge is 0.325 e. The zero-order valence-electron chi connectivity index (χ0n) is 35.8. The lowest BCUT2D eigenvalue weighted by Gasteiger charge is -2.36. The molecule has 5 unspecified atom stereocenters. The summed E-state index contributed by atoms with van der Waals surface area (Å²) in [6, 6.07) is 4.67. The minimum Gasteiger partial charge on any atom is -0.456 e. The maximum absolute atomic E-state index is 14.4. The molecule has 1 aromatic heterocycles. The van der Waals surface area contributed by atoms with Gasteiger partial charge in [-0.1, -0.05) is 69.4 Å². The monoisotopic (exact) mass is 860 g/mol. The number of benzene rings is 1. The second-order valence-corrected chi connectivity index (χ2v) is 16.1. The molecule has 1 saturated heterocycles. The Kier molecular flexibility index (Phi) is 18.8. The van der Waals surface area contributed by atoms with Gasteiger partial charge in [0, 0.05) is 38.1 Å². The quantitative estimate of drug-likeness (QED) is 0.124. The third kappa shape index (κ3) is 14.9. The molecule has 0 aliphatic carbocycles. The highest BCUT2D eigenvalue weighted by molar-refractivity contribution is 5.98. The largest absolute Gasteiger partial charge is 0.456 e. The van der Waals surface area contributed by atoms with Crippen LogP contribution in [0.15, 0.2) is 90.7 Å². The van der Waals surface area contributed by atoms with Crippen LogP contribution in [0, 0.1) is 29.4 Å². The number of aliphatic hydroxyl groups is 1. The van der Waals surface area contributed by atoms with E-state index < -0.39 is 89.3 Å². The average molecular weight is 861 g/mol. The number of hydrogen-bond donors (Lipinski definition) is 5. The highest BCUT2D eigenvalue weighted by atomic mass is 19.2. The number of anilines is 1. The molecule has 2 aliphatic rings. The Morgan fingerprint density at radius 3 is 2.44 bits per heavy atom. The summed E-state index contributed by atoms with van der Waals surface area (Å²) in [6.45, 7) is 8.40. The summed E-state index contributed by atoms with van der Waals surface area (Å²) in [7, 11) is 0. The SMILES string of the molecule is CC(=O)CC[C@H]1C(=O)NC(C(C)C)C(=O)NC(Cc2ccc(F)c(F)c2)C(=O)N2CCCC(N2)C(=O)O[C@H](/C(C)=C/C=C/C(=O)Nc2ccccn2)C/C=C/C=C/CC(C)C1O. The van der Waals surface area contributed by atoms with Crippen molar-refractivity contribution in [3.8, 4) is 0 Å². The number of aromatic nitrogens is 1. The van der Waals surface area contributed by atoms with Crippen molar-refractivity contribution in [2.45, 2.75) is 110 Å². The third-order valence-electron chi connectivity index (χ3n) is 10.7. The van der Waals surface area contributed by atoms with Gasteiger partial charge in [-0.3, -0.25) is 29.0 Å². The lowest BCUT2D eigenvalue weighted by molar-refractivity contribution is -0.156. The van der Waals surface area contributed by atoms with Crippen LogP contribution in [-0.4, -0.2) is 87.4 Å². The topological polar surface area (TPSA) is 196 Å². The molecule has 2 aromatic rings. The molecule has 334 valence electrons. The number of pyridine rings is 1. The van der Waals surface area contributed by atoms with Crippen LogP contribution in [0.1, 0.15) is 78.7 Å². The van der Waals surface area contributed by atoms with E-state index in [1.165, 1.54) is 30.2 Å². The summed E-state index contributed by atoms with van der Waals surface area (Å²) >= 11 is 0. The van der Waals surface area contributed by atoms with Crippen molar-refractivity contribution >= 4 is 41.2 Å². The predicted molar refractivity (Wildman–Crippen MR) is 228 cm³/mol. The second kappa shape index (κ2) is 23.9. The van der Waals surface area contributed by atoms with Crippen molar-refractivity contribution in [1.82, 2.24) is 26.1 Å². The van der Waals surface area contributed by atoms with E-state index in [1.807, 2.05) is 6.08 Å². The Bertz CT molecular complexity index is 2020. The summed E-state index contributed by atoms with van der Waals surface area (Å²) in [5.74, 6) is -7.23. The number of hydrogen-bond acceptors (Lipinski definition) is 10. The maximum Gasteiger partial charge on any atom is 0.325 e. The first kappa shape index (κ1) is 48.8. The van der Waals surface area contributed by atoms with Crippen LogP contribution < -0.4 is 21.4 Å². The summed E-state index contributed by atoms with van der Waals surface area (Å²) < 4.78 is 34.3. The molecule has 4 amide bonds. The second-order valence-electron chi connectivity index (χ2n) is 16.1. The fraction of sp³-hybridized carbons (Fsp3) is 0.457. The van der Waals surface area contributed by atoms with Gasteiger partial charge >= 0.3 is 5.97 Å². The van der Waals surface area contributed by atoms with E-state index in [2.05, 4.69) is 26.4 Å². The van der Waals surface area contributed by atoms with Crippen molar-refractivity contribution in [2.24, 2.45) is 17.8 Å². The minimum atomic E-state index is -1.37. The van der Waals surface area contributed by atoms with Crippen LogP contribution in [0.4, 0.5) is 14.6 Å². The van der Waals surface area contributed by atoms with Gasteiger partial charge in [0.15, 0.2) is 11.6 Å². The Morgan fingerprint density at radius 1 is 1.02 bits per heavy atom. The molecule has 1 fully saturated rings. The van der Waals surface area contributed by atoms with Crippen LogP contribution in [0.25, 0.3) is 0 Å². The van der Waals surface area contributed by atoms with Crippen molar-refractivity contribution < 1.29 is 47.4 Å². The van der Waals surface area contributed by atoms with Gasteiger partial charge in [0.05, 0.1) is 12.0 Å². The molecular formula is C46H58F2N6O8. The standard InChI is InChI=1S/C46H58F2N6O8/c1-28(2)41-44(59)50-37(27-32-21-23-34(47)35(48)26-32)45(60)54-25-13-16-36(53-54)46(61)62-38(29(3)15-12-19-40(56)51-39-18-10-11-24-49-39)17-9-7-6-8-14-30(4)42(57)33(43(58)52-41)22-20-31(5)55/h6-12,15,18-19,21,23-24,26,28,30,33,36-38,41-42,53,57H,13-14,16-17,20,22,25,27H2,1-5H3,(H,50,59)(H,52,58)(H,49,51,56)/b8-6+,9-7+,19-12+,29-15+/t30?,33-,36?,37?,38+,41?,42?/m1/s1. The van der Waals surface area contributed by atoms with E-state index in [9.17, 15) is 42.7 Å². The molecular weight excluding hydrogens is 803 g/mol. The predicted octanol–water partition coefficient (Wildman–Crippen LogP) is 4.97. The lowest BCUT2D eigenvalue weighted by Crippen LogP contribution is -2.62. The Hall–Kier alpha value is -5.87. The van der Waals surface area contributed by atoms with Gasteiger partial charge in [-0.2, -0.15) is 0 Å². The summed E-state index contributed by atoms with van der Waals surface area (Å²) in [4.78, 5) is 84.6. The average Bonchev–Trinajstić information content (AvgIpc) is 3.23. The fourth-order valence-corrected chi connectivity index (χ4v) is 7.02. The Labute approximate surface area is 361 Å². The molecule has 3 heterocycles. The number of halogens is 2. The van der Waals surface area contributed by atoms with Crippen LogP contribution in [0.2, 0.25) is 0 Å². The van der Waals surface area contributed by atoms with Gasteiger partial charge in [0.25, 0.3) is 5.91 Å². The molecule has 4 rings (SSSR count). The number of aliphatic hydroxyl groups excluding tert-OH is 1. The number of Topliss-reactive ketones (excluding diaryl/α,β-unsaturated/α-hetero) is 1. The first-order valence-electron chi connectivity index (χ1n) is 20.9. The van der Waals surface area contributed by atoms with Gasteiger partial charge in [-0.25, -0.2) is 19.2 Å². The van der Waals surface area contributed by atoms with Gasteiger partial charge in [-0.15, -0.1) is 0 Å². The van der Waals surface area contributed by atoms with E-state index in [4.69, 9.17) is 4.74 Å². The number of ether oxygens (including phenoxy) is 1.